The average Bonchev–Trinajstić information content (AvgIpc) is 3.44. The first-order chi connectivity index (χ1) is 38.1. The number of ether oxygens (including phenoxy) is 10. The fraction of sp³-hybridized carbons (Fsp3) is 0.639. The quantitative estimate of drug-likeness (QED) is 0.0285. The van der Waals surface area contributed by atoms with E-state index >= 15 is 0 Å². The van der Waals surface area contributed by atoms with Gasteiger partial charge in [-0.15, -0.1) is 0 Å². The van der Waals surface area contributed by atoms with Gasteiger partial charge in [-0.25, -0.2) is 33.6 Å². The summed E-state index contributed by atoms with van der Waals surface area (Å²) in [6.07, 6.45) is 15.2. The van der Waals surface area contributed by atoms with Gasteiger partial charge in [0.2, 0.25) is 0 Å². The second kappa shape index (κ2) is 37.1. The van der Waals surface area contributed by atoms with Crippen molar-refractivity contribution in [3.63, 3.8) is 0 Å². The van der Waals surface area contributed by atoms with Crippen LogP contribution in [0.2, 0.25) is 0 Å². The van der Waals surface area contributed by atoms with Crippen molar-refractivity contribution in [2.24, 2.45) is 44.3 Å². The van der Waals surface area contributed by atoms with Crippen LogP contribution in [0.25, 0.3) is 0 Å². The van der Waals surface area contributed by atoms with E-state index in [0.717, 1.165) is 55.7 Å². The highest BCUT2D eigenvalue weighted by molar-refractivity contribution is 5.83. The summed E-state index contributed by atoms with van der Waals surface area (Å²) in [7, 11) is 0. The summed E-state index contributed by atoms with van der Waals surface area (Å²) in [5.74, 6) is -4.68. The minimum atomic E-state index is -1.29. The molecule has 21 heteroatoms. The molecule has 0 radical (unpaired) electrons. The Morgan fingerprint density at radius 3 is 0.963 bits per heavy atom. The lowest BCUT2D eigenvalue weighted by atomic mass is 9.61. The van der Waals surface area contributed by atoms with E-state index in [-0.39, 0.29) is 64.9 Å². The van der Waals surface area contributed by atoms with Crippen LogP contribution in [0.3, 0.4) is 0 Å². The van der Waals surface area contributed by atoms with Crippen molar-refractivity contribution in [2.45, 2.75) is 133 Å². The van der Waals surface area contributed by atoms with Crippen molar-refractivity contribution >= 4 is 59.8 Å². The Hall–Kier alpha value is -7.06. The Kier molecular flexibility index (Phi) is 33.9. The van der Waals surface area contributed by atoms with Crippen LogP contribution in [0.1, 0.15) is 133 Å². The van der Waals surface area contributed by atoms with Crippen molar-refractivity contribution in [1.82, 2.24) is 5.32 Å². The fourth-order valence-electron chi connectivity index (χ4n) is 10.4. The molecular weight excluding hydrogens is 1070 g/mol. The lowest BCUT2D eigenvalue weighted by molar-refractivity contribution is -0.168. The first-order valence-electron chi connectivity index (χ1n) is 27.2. The Morgan fingerprint density at radius 2 is 0.683 bits per heavy atom. The van der Waals surface area contributed by atoms with Gasteiger partial charge in [0.15, 0.2) is 0 Å². The van der Waals surface area contributed by atoms with E-state index in [1.54, 1.807) is 0 Å². The molecule has 0 aromatic carbocycles. The van der Waals surface area contributed by atoms with Crippen molar-refractivity contribution in [2.75, 3.05) is 72.6 Å². The van der Waals surface area contributed by atoms with Crippen LogP contribution >= 0.6 is 0 Å². The van der Waals surface area contributed by atoms with Crippen LogP contribution in [0.5, 0.6) is 0 Å². The molecule has 0 saturated heterocycles. The third-order valence-corrected chi connectivity index (χ3v) is 12.9. The van der Waals surface area contributed by atoms with E-state index in [1.165, 1.54) is 39.5 Å². The van der Waals surface area contributed by atoms with Gasteiger partial charge >= 0.3 is 59.8 Å². The summed E-state index contributed by atoms with van der Waals surface area (Å²) in [5.41, 5.74) is -1.24. The first kappa shape index (κ1) is 74.9. The van der Waals surface area contributed by atoms with Gasteiger partial charge in [0.25, 0.3) is 0 Å². The highest BCUT2D eigenvalue weighted by Gasteiger charge is 2.41. The molecule has 0 bridgehead atoms. The van der Waals surface area contributed by atoms with E-state index in [1.807, 2.05) is 0 Å². The highest BCUT2D eigenvalue weighted by Crippen LogP contribution is 2.50. The van der Waals surface area contributed by atoms with E-state index in [9.17, 15) is 47.9 Å². The molecule has 82 heavy (non-hydrogen) atoms. The molecule has 1 N–H and O–H groups in total. The Bertz CT molecular complexity index is 1900. The molecule has 0 unspecified atom stereocenters. The van der Waals surface area contributed by atoms with Crippen LogP contribution in [0, 0.1) is 44.3 Å². The standard InChI is InChI=1S/C29H53NO4.2C16H20O8/c1-26(2)15-22(16-27(3,4)20-26)11-12-24(31)33-13-9-10-14-34-25(32)30-19-23-17-28(5,6)21-29(7,8)18-23;2*1-5-13(18)22-9-16(8-21-12(4)17,10-23-14(19)6-2)11-24-15(20)7-3/h22-23H,9-21H2,1-8H3,(H,30,32);2*5-7H,1-3,8-11H2,4H3. The number of carbonyl (C=O) groups is 10. The summed E-state index contributed by atoms with van der Waals surface area (Å²) in [6.45, 7) is 39.3. The summed E-state index contributed by atoms with van der Waals surface area (Å²) in [4.78, 5) is 114. The van der Waals surface area contributed by atoms with Gasteiger partial charge in [0.1, 0.15) is 63.7 Å². The molecule has 2 aliphatic rings. The normalized spacial score (nSPS) is 15.7. The number of carbonyl (C=O) groups excluding carboxylic acids is 10. The number of esters is 9. The van der Waals surface area contributed by atoms with Gasteiger partial charge in [-0.2, -0.15) is 0 Å². The van der Waals surface area contributed by atoms with Crippen LogP contribution in [0.15, 0.2) is 75.9 Å². The molecule has 2 fully saturated rings. The molecule has 0 atom stereocenters. The van der Waals surface area contributed by atoms with Gasteiger partial charge < -0.3 is 52.7 Å². The zero-order valence-corrected chi connectivity index (χ0v) is 50.4. The van der Waals surface area contributed by atoms with Crippen molar-refractivity contribution in [1.29, 1.82) is 0 Å². The number of rotatable bonds is 32. The van der Waals surface area contributed by atoms with Crippen molar-refractivity contribution in [3.05, 3.63) is 75.9 Å². The molecule has 2 aliphatic carbocycles. The molecular formula is C61H93NO20. The molecule has 0 heterocycles. The van der Waals surface area contributed by atoms with Crippen LogP contribution in [0.4, 0.5) is 4.79 Å². The predicted octanol–water partition coefficient (Wildman–Crippen LogP) is 8.97. The summed E-state index contributed by atoms with van der Waals surface area (Å²) in [6, 6.07) is 0. The molecule has 462 valence electrons. The summed E-state index contributed by atoms with van der Waals surface area (Å²) < 4.78 is 50.2. The maximum absolute atomic E-state index is 12.2. The highest BCUT2D eigenvalue weighted by atomic mass is 16.6. The third-order valence-electron chi connectivity index (χ3n) is 12.9. The number of unbranched alkanes of at least 4 members (excludes halogenated alkanes) is 1. The minimum Gasteiger partial charge on any atom is -0.466 e. The SMILES string of the molecule is C=CC(=O)OCC(COC(C)=O)(COC(=O)C=C)COC(=O)C=C.C=CC(=O)OCC(COC(C)=O)(COC(=O)C=C)COC(=O)C=C.CC1(C)CC(CCC(=O)OCCCCOC(=O)NCC2CC(C)(C)CC(C)(C)C2)CC(C)(C)C1. The Balaban J connectivity index is 0.00000123. The van der Waals surface area contributed by atoms with E-state index in [4.69, 9.17) is 47.4 Å². The largest absolute Gasteiger partial charge is 0.466 e. The number of hydrogen-bond donors (Lipinski definition) is 1. The van der Waals surface area contributed by atoms with Gasteiger partial charge in [0.05, 0.1) is 13.2 Å². The van der Waals surface area contributed by atoms with Crippen LogP contribution in [-0.4, -0.2) is 132 Å². The lowest BCUT2D eigenvalue weighted by Gasteiger charge is -2.45. The lowest BCUT2D eigenvalue weighted by Crippen LogP contribution is -2.43. The maximum atomic E-state index is 12.2. The number of nitrogens with one attached hydrogen (secondary N) is 1. The number of alkyl carbamates (subject to hydrolysis) is 1. The molecule has 0 aromatic heterocycles. The summed E-state index contributed by atoms with van der Waals surface area (Å²) >= 11 is 0. The average molecular weight is 1160 g/mol. The summed E-state index contributed by atoms with van der Waals surface area (Å²) in [5, 5.41) is 2.95. The van der Waals surface area contributed by atoms with Crippen molar-refractivity contribution < 1.29 is 95.3 Å². The molecule has 21 nitrogen and oxygen atoms in total. The maximum Gasteiger partial charge on any atom is 0.407 e. The first-order valence-corrected chi connectivity index (χ1v) is 27.2. The Labute approximate surface area is 485 Å². The van der Waals surface area contributed by atoms with E-state index in [2.05, 4.69) is 100 Å². The van der Waals surface area contributed by atoms with E-state index < -0.39 is 58.6 Å². The fourth-order valence-corrected chi connectivity index (χ4v) is 10.4. The topological polar surface area (TPSA) is 275 Å². The van der Waals surface area contributed by atoms with Gasteiger partial charge in [0, 0.05) is 63.3 Å². The second-order valence-electron chi connectivity index (χ2n) is 24.0. The smallest absolute Gasteiger partial charge is 0.407 e. The molecule has 2 rings (SSSR count). The molecule has 0 spiro atoms. The van der Waals surface area contributed by atoms with Crippen LogP contribution in [-0.2, 0) is 90.5 Å². The molecule has 1 amide bonds. The van der Waals surface area contributed by atoms with Crippen molar-refractivity contribution in [3.8, 4) is 0 Å². The number of hydrogen-bond acceptors (Lipinski definition) is 20. The number of amides is 1. The predicted molar refractivity (Wildman–Crippen MR) is 304 cm³/mol. The van der Waals surface area contributed by atoms with Gasteiger partial charge in [-0.05, 0) is 91.3 Å². The Morgan fingerprint density at radius 1 is 0.415 bits per heavy atom. The minimum absolute atomic E-state index is 0.0989. The van der Waals surface area contributed by atoms with Crippen LogP contribution < -0.4 is 5.32 Å². The van der Waals surface area contributed by atoms with Gasteiger partial charge in [-0.3, -0.25) is 14.4 Å². The molecule has 0 aromatic rings. The molecule has 0 aliphatic heterocycles. The van der Waals surface area contributed by atoms with Gasteiger partial charge in [-0.1, -0.05) is 94.9 Å². The zero-order valence-electron chi connectivity index (χ0n) is 50.4. The van der Waals surface area contributed by atoms with E-state index in [0.29, 0.717) is 72.5 Å². The zero-order chi connectivity index (χ0) is 62.8. The second-order valence-corrected chi connectivity index (χ2v) is 24.0. The monoisotopic (exact) mass is 1160 g/mol. The molecule has 2 saturated carbocycles. The third kappa shape index (κ3) is 34.9.